The van der Waals surface area contributed by atoms with Crippen LogP contribution in [0.25, 0.3) is 0 Å². The zero-order valence-corrected chi connectivity index (χ0v) is 12.4. The average Bonchev–Trinajstić information content (AvgIpc) is 2.33. The van der Waals surface area contributed by atoms with Crippen LogP contribution in [0.3, 0.4) is 0 Å². The molecule has 4 N–H and O–H groups in total. The maximum atomic E-state index is 5.91. The lowest BCUT2D eigenvalue weighted by atomic mass is 10.3. The summed E-state index contributed by atoms with van der Waals surface area (Å²) >= 11 is 23.6. The molecule has 2 rings (SSSR count). The molecule has 7 heteroatoms. The van der Waals surface area contributed by atoms with Gasteiger partial charge in [0.05, 0.1) is 31.5 Å². The van der Waals surface area contributed by atoms with Crippen LogP contribution >= 0.6 is 46.4 Å². The lowest BCUT2D eigenvalue weighted by Crippen LogP contribution is -1.92. The van der Waals surface area contributed by atoms with Crippen LogP contribution in [0.4, 0.5) is 11.4 Å². The number of nitrogens with two attached hydrogens (primary N) is 2. The van der Waals surface area contributed by atoms with Gasteiger partial charge >= 0.3 is 0 Å². The van der Waals surface area contributed by atoms with Crippen molar-refractivity contribution >= 4 is 57.8 Å². The minimum absolute atomic E-state index is 0.295. The summed E-state index contributed by atoms with van der Waals surface area (Å²) in [5, 5.41) is 1.20. The highest BCUT2D eigenvalue weighted by Gasteiger charge is 2.09. The van der Waals surface area contributed by atoms with Crippen LogP contribution in [-0.4, -0.2) is 0 Å². The second-order valence-corrected chi connectivity index (χ2v) is 5.33. The lowest BCUT2D eigenvalue weighted by Gasteiger charge is -2.10. The molecule has 0 aromatic heterocycles. The number of rotatable bonds is 2. The van der Waals surface area contributed by atoms with E-state index >= 15 is 0 Å². The summed E-state index contributed by atoms with van der Waals surface area (Å²) in [7, 11) is 0. The molecule has 0 fully saturated rings. The molecule has 19 heavy (non-hydrogen) atoms. The zero-order chi connectivity index (χ0) is 14.2. The topological polar surface area (TPSA) is 61.3 Å². The standard InChI is InChI=1S/C12H8Cl4N2O/c13-7-1-5(2-8(14)11(7)17)19-6-3-9(15)12(18)10(16)4-6/h1-4H,17-18H2. The molecule has 0 spiro atoms. The second-order valence-electron chi connectivity index (χ2n) is 3.70. The van der Waals surface area contributed by atoms with E-state index in [-0.39, 0.29) is 0 Å². The third-order valence-corrected chi connectivity index (χ3v) is 3.59. The van der Waals surface area contributed by atoms with Crippen molar-refractivity contribution in [1.82, 2.24) is 0 Å². The number of benzene rings is 2. The van der Waals surface area contributed by atoms with Gasteiger partial charge in [-0.1, -0.05) is 46.4 Å². The first-order valence-corrected chi connectivity index (χ1v) is 6.56. The molecular weight excluding hydrogens is 330 g/mol. The van der Waals surface area contributed by atoms with Crippen LogP contribution in [0.1, 0.15) is 0 Å². The fraction of sp³-hybridized carbons (Fsp3) is 0. The Morgan fingerprint density at radius 3 is 1.16 bits per heavy atom. The minimum atomic E-state index is 0.295. The Morgan fingerprint density at radius 2 is 0.895 bits per heavy atom. The summed E-state index contributed by atoms with van der Waals surface area (Å²) < 4.78 is 5.56. The summed E-state index contributed by atoms with van der Waals surface area (Å²) in [6, 6.07) is 6.17. The molecule has 0 aliphatic carbocycles. The number of hydrogen-bond donors (Lipinski definition) is 2. The first kappa shape index (κ1) is 14.4. The van der Waals surface area contributed by atoms with E-state index in [0.29, 0.717) is 43.0 Å². The van der Waals surface area contributed by atoms with Gasteiger partial charge in [-0.15, -0.1) is 0 Å². The Kier molecular flexibility index (Phi) is 4.21. The Labute approximate surface area is 129 Å². The minimum Gasteiger partial charge on any atom is -0.457 e. The van der Waals surface area contributed by atoms with Crippen molar-refractivity contribution in [3.05, 3.63) is 44.4 Å². The molecule has 0 unspecified atom stereocenters. The van der Waals surface area contributed by atoms with E-state index < -0.39 is 0 Å². The molecule has 0 aliphatic heterocycles. The third-order valence-electron chi connectivity index (χ3n) is 2.34. The van der Waals surface area contributed by atoms with Crippen LogP contribution in [0.2, 0.25) is 20.1 Å². The molecule has 0 heterocycles. The summed E-state index contributed by atoms with van der Waals surface area (Å²) in [6.07, 6.45) is 0. The van der Waals surface area contributed by atoms with Gasteiger partial charge in [0.1, 0.15) is 11.5 Å². The highest BCUT2D eigenvalue weighted by molar-refractivity contribution is 6.39. The maximum Gasteiger partial charge on any atom is 0.130 e. The molecule has 0 aliphatic rings. The van der Waals surface area contributed by atoms with Gasteiger partial charge in [0.2, 0.25) is 0 Å². The molecule has 3 nitrogen and oxygen atoms in total. The smallest absolute Gasteiger partial charge is 0.130 e. The summed E-state index contributed by atoms with van der Waals surface area (Å²) in [6.45, 7) is 0. The van der Waals surface area contributed by atoms with Crippen molar-refractivity contribution in [3.63, 3.8) is 0 Å². The quantitative estimate of drug-likeness (QED) is 0.735. The van der Waals surface area contributed by atoms with Crippen LogP contribution in [-0.2, 0) is 0 Å². The second kappa shape index (κ2) is 5.55. The predicted molar refractivity (Wildman–Crippen MR) is 81.8 cm³/mol. The molecule has 0 atom stereocenters. The van der Waals surface area contributed by atoms with Gasteiger partial charge in [-0.3, -0.25) is 0 Å². The van der Waals surface area contributed by atoms with Crippen LogP contribution in [0.15, 0.2) is 24.3 Å². The predicted octanol–water partition coefficient (Wildman–Crippen LogP) is 5.26. The molecule has 0 bridgehead atoms. The molecule has 0 radical (unpaired) electrons. The first-order chi connectivity index (χ1) is 8.88. The normalized spacial score (nSPS) is 10.5. The van der Waals surface area contributed by atoms with Crippen LogP contribution < -0.4 is 16.2 Å². The lowest BCUT2D eigenvalue weighted by molar-refractivity contribution is 0.483. The largest absolute Gasteiger partial charge is 0.457 e. The van der Waals surface area contributed by atoms with Crippen LogP contribution in [0, 0.1) is 0 Å². The van der Waals surface area contributed by atoms with Crippen LogP contribution in [0.5, 0.6) is 11.5 Å². The number of halogens is 4. The van der Waals surface area contributed by atoms with Gasteiger partial charge < -0.3 is 16.2 Å². The maximum absolute atomic E-state index is 5.91. The molecule has 100 valence electrons. The Hall–Kier alpha value is -1.000. The first-order valence-electron chi connectivity index (χ1n) is 5.05. The van der Waals surface area contributed by atoms with Crippen molar-refractivity contribution in [1.29, 1.82) is 0 Å². The fourth-order valence-corrected chi connectivity index (χ4v) is 2.31. The number of ether oxygens (including phenoxy) is 1. The highest BCUT2D eigenvalue weighted by Crippen LogP contribution is 2.37. The van der Waals surface area contributed by atoms with E-state index in [2.05, 4.69) is 0 Å². The number of anilines is 2. The zero-order valence-electron chi connectivity index (χ0n) is 9.38. The monoisotopic (exact) mass is 336 g/mol. The van der Waals surface area contributed by atoms with Gasteiger partial charge in [-0.25, -0.2) is 0 Å². The summed E-state index contributed by atoms with van der Waals surface area (Å²) in [4.78, 5) is 0. The van der Waals surface area contributed by atoms with Gasteiger partial charge in [-0.05, 0) is 0 Å². The van der Waals surface area contributed by atoms with Crippen molar-refractivity contribution in [3.8, 4) is 11.5 Å². The molecular formula is C12H8Cl4N2O. The van der Waals surface area contributed by atoms with E-state index in [4.69, 9.17) is 62.6 Å². The SMILES string of the molecule is Nc1c(Cl)cc(Oc2cc(Cl)c(N)c(Cl)c2)cc1Cl. The average molecular weight is 338 g/mol. The van der Waals surface area contributed by atoms with E-state index in [1.54, 1.807) is 24.3 Å². The molecule has 2 aromatic carbocycles. The number of nitrogen functional groups attached to an aromatic ring is 2. The highest BCUT2D eigenvalue weighted by atomic mass is 35.5. The molecule has 0 saturated heterocycles. The summed E-state index contributed by atoms with van der Waals surface area (Å²) in [5.74, 6) is 0.835. The Balaban J connectivity index is 2.36. The van der Waals surface area contributed by atoms with E-state index in [1.165, 1.54) is 0 Å². The number of hydrogen-bond acceptors (Lipinski definition) is 3. The van der Waals surface area contributed by atoms with Gasteiger partial charge in [-0.2, -0.15) is 0 Å². The van der Waals surface area contributed by atoms with E-state index in [0.717, 1.165) is 0 Å². The Bertz CT molecular complexity index is 544. The molecule has 2 aromatic rings. The van der Waals surface area contributed by atoms with E-state index in [9.17, 15) is 0 Å². The van der Waals surface area contributed by atoms with Gasteiger partial charge in [0.25, 0.3) is 0 Å². The molecule has 0 amide bonds. The summed E-state index contributed by atoms with van der Waals surface area (Å²) in [5.41, 5.74) is 11.9. The van der Waals surface area contributed by atoms with Crippen molar-refractivity contribution in [2.75, 3.05) is 11.5 Å². The van der Waals surface area contributed by atoms with Crippen molar-refractivity contribution in [2.24, 2.45) is 0 Å². The van der Waals surface area contributed by atoms with Crippen molar-refractivity contribution in [2.45, 2.75) is 0 Å². The van der Waals surface area contributed by atoms with Gasteiger partial charge in [0, 0.05) is 24.3 Å². The Morgan fingerprint density at radius 1 is 0.632 bits per heavy atom. The molecule has 0 saturated carbocycles. The third kappa shape index (κ3) is 3.12. The fourth-order valence-electron chi connectivity index (χ4n) is 1.38. The van der Waals surface area contributed by atoms with E-state index in [1.807, 2.05) is 0 Å². The van der Waals surface area contributed by atoms with Crippen molar-refractivity contribution < 1.29 is 4.74 Å². The van der Waals surface area contributed by atoms with Gasteiger partial charge in [0.15, 0.2) is 0 Å².